The summed E-state index contributed by atoms with van der Waals surface area (Å²) in [5, 5.41) is 18.2. The Bertz CT molecular complexity index is 389. The average molecular weight is 253 g/mol. The van der Waals surface area contributed by atoms with Gasteiger partial charge in [0.15, 0.2) is 0 Å². The summed E-state index contributed by atoms with van der Waals surface area (Å²) in [4.78, 5) is 1.99. The fourth-order valence-corrected chi connectivity index (χ4v) is 1.74. The van der Waals surface area contributed by atoms with E-state index >= 15 is 0 Å². The lowest BCUT2D eigenvalue weighted by atomic mass is 10.2. The fraction of sp³-hybridized carbons (Fsp3) is 0.462. The molecule has 0 bridgehead atoms. The van der Waals surface area contributed by atoms with Gasteiger partial charge in [0.1, 0.15) is 0 Å². The van der Waals surface area contributed by atoms with Crippen LogP contribution in [0.1, 0.15) is 12.0 Å². The van der Waals surface area contributed by atoms with Crippen LogP contribution in [0.2, 0.25) is 0 Å². The van der Waals surface area contributed by atoms with Gasteiger partial charge in [0, 0.05) is 18.8 Å². The SMILES string of the molecule is Cc1cccc(N(CCC#N)CC(O)CCl)c1. The Kier molecular flexibility index (Phi) is 5.82. The zero-order valence-corrected chi connectivity index (χ0v) is 10.7. The highest BCUT2D eigenvalue weighted by Gasteiger charge is 2.11. The topological polar surface area (TPSA) is 47.3 Å². The van der Waals surface area contributed by atoms with Crippen LogP contribution in [-0.4, -0.2) is 30.2 Å². The lowest BCUT2D eigenvalue weighted by molar-refractivity contribution is 0.203. The zero-order chi connectivity index (χ0) is 12.7. The van der Waals surface area contributed by atoms with Gasteiger partial charge >= 0.3 is 0 Å². The first-order valence-electron chi connectivity index (χ1n) is 5.60. The number of hydrogen-bond acceptors (Lipinski definition) is 3. The first-order valence-corrected chi connectivity index (χ1v) is 6.13. The number of aliphatic hydroxyl groups is 1. The number of rotatable bonds is 6. The van der Waals surface area contributed by atoms with Crippen LogP contribution >= 0.6 is 11.6 Å². The minimum absolute atomic E-state index is 0.203. The normalized spacial score (nSPS) is 11.9. The second-order valence-corrected chi connectivity index (χ2v) is 4.31. The average Bonchev–Trinajstić information content (AvgIpc) is 2.34. The van der Waals surface area contributed by atoms with Crippen LogP contribution in [0, 0.1) is 18.3 Å². The quantitative estimate of drug-likeness (QED) is 0.791. The lowest BCUT2D eigenvalue weighted by Crippen LogP contribution is -2.34. The molecule has 1 unspecified atom stereocenters. The molecule has 0 saturated carbocycles. The van der Waals surface area contributed by atoms with E-state index in [2.05, 4.69) is 6.07 Å². The van der Waals surface area contributed by atoms with Crippen molar-refractivity contribution in [2.75, 3.05) is 23.9 Å². The molecule has 0 aromatic heterocycles. The van der Waals surface area contributed by atoms with E-state index in [9.17, 15) is 5.11 Å². The van der Waals surface area contributed by atoms with Crippen molar-refractivity contribution in [3.05, 3.63) is 29.8 Å². The molecule has 1 rings (SSSR count). The van der Waals surface area contributed by atoms with Gasteiger partial charge in [-0.15, -0.1) is 11.6 Å². The number of benzene rings is 1. The molecule has 0 radical (unpaired) electrons. The monoisotopic (exact) mass is 252 g/mol. The molecular weight excluding hydrogens is 236 g/mol. The highest BCUT2D eigenvalue weighted by atomic mass is 35.5. The Labute approximate surface area is 107 Å². The fourth-order valence-electron chi connectivity index (χ4n) is 1.64. The summed E-state index contributed by atoms with van der Waals surface area (Å²) in [5.41, 5.74) is 2.18. The molecule has 0 saturated heterocycles. The van der Waals surface area contributed by atoms with Crippen LogP contribution in [0.5, 0.6) is 0 Å². The summed E-state index contributed by atoms with van der Waals surface area (Å²) in [5.74, 6) is 0.203. The number of aliphatic hydroxyl groups excluding tert-OH is 1. The van der Waals surface area contributed by atoms with Gasteiger partial charge in [-0.2, -0.15) is 5.26 Å². The van der Waals surface area contributed by atoms with Gasteiger partial charge in [0.2, 0.25) is 0 Å². The summed E-state index contributed by atoms with van der Waals surface area (Å²) in [6, 6.07) is 10.1. The maximum atomic E-state index is 9.60. The molecule has 0 aliphatic carbocycles. The number of halogens is 1. The molecule has 1 aromatic carbocycles. The molecule has 0 amide bonds. The Morgan fingerprint density at radius 1 is 1.53 bits per heavy atom. The van der Waals surface area contributed by atoms with Crippen molar-refractivity contribution in [3.63, 3.8) is 0 Å². The Morgan fingerprint density at radius 3 is 2.88 bits per heavy atom. The summed E-state index contributed by atoms with van der Waals surface area (Å²) >= 11 is 5.61. The van der Waals surface area contributed by atoms with E-state index in [-0.39, 0.29) is 5.88 Å². The number of nitrogens with zero attached hydrogens (tertiary/aromatic N) is 2. The molecule has 0 aliphatic rings. The second kappa shape index (κ2) is 7.16. The lowest BCUT2D eigenvalue weighted by Gasteiger charge is -2.26. The van der Waals surface area contributed by atoms with Gasteiger partial charge in [0.25, 0.3) is 0 Å². The van der Waals surface area contributed by atoms with E-state index in [1.54, 1.807) is 0 Å². The highest BCUT2D eigenvalue weighted by molar-refractivity contribution is 6.18. The first kappa shape index (κ1) is 13.8. The molecule has 3 nitrogen and oxygen atoms in total. The van der Waals surface area contributed by atoms with E-state index < -0.39 is 6.10 Å². The first-order chi connectivity index (χ1) is 8.17. The van der Waals surface area contributed by atoms with Crippen molar-refractivity contribution in [1.29, 1.82) is 5.26 Å². The van der Waals surface area contributed by atoms with Crippen molar-refractivity contribution >= 4 is 17.3 Å². The minimum Gasteiger partial charge on any atom is -0.390 e. The van der Waals surface area contributed by atoms with Gasteiger partial charge in [-0.25, -0.2) is 0 Å². The van der Waals surface area contributed by atoms with E-state index in [0.717, 1.165) is 11.3 Å². The van der Waals surface area contributed by atoms with Crippen LogP contribution in [0.4, 0.5) is 5.69 Å². The standard InChI is InChI=1S/C13H17ClN2O/c1-11-4-2-5-12(8-11)16(7-3-6-15)10-13(17)9-14/h2,4-5,8,13,17H,3,7,9-10H2,1H3. The van der Waals surface area contributed by atoms with E-state index in [1.807, 2.05) is 36.1 Å². The molecule has 0 spiro atoms. The van der Waals surface area contributed by atoms with E-state index in [0.29, 0.717) is 19.5 Å². The largest absolute Gasteiger partial charge is 0.390 e. The Hall–Kier alpha value is -1.24. The molecule has 0 heterocycles. The van der Waals surface area contributed by atoms with Gasteiger partial charge in [0.05, 0.1) is 24.5 Å². The molecule has 17 heavy (non-hydrogen) atoms. The smallest absolute Gasteiger partial charge is 0.0850 e. The minimum atomic E-state index is -0.573. The third-order valence-corrected chi connectivity index (χ3v) is 2.83. The predicted octanol–water partition coefficient (Wildman–Crippen LogP) is 2.31. The van der Waals surface area contributed by atoms with Crippen molar-refractivity contribution in [2.24, 2.45) is 0 Å². The van der Waals surface area contributed by atoms with E-state index in [4.69, 9.17) is 16.9 Å². The third kappa shape index (κ3) is 4.64. The van der Waals surface area contributed by atoms with Crippen LogP contribution in [-0.2, 0) is 0 Å². The van der Waals surface area contributed by atoms with Crippen LogP contribution in [0.3, 0.4) is 0 Å². The second-order valence-electron chi connectivity index (χ2n) is 4.00. The number of anilines is 1. The molecule has 1 N–H and O–H groups in total. The number of alkyl halides is 1. The molecule has 4 heteroatoms. The third-order valence-electron chi connectivity index (χ3n) is 2.47. The molecule has 92 valence electrons. The van der Waals surface area contributed by atoms with Gasteiger partial charge in [-0.05, 0) is 24.6 Å². The van der Waals surface area contributed by atoms with Crippen molar-refractivity contribution in [2.45, 2.75) is 19.4 Å². The van der Waals surface area contributed by atoms with E-state index in [1.165, 1.54) is 0 Å². The Morgan fingerprint density at radius 2 is 2.29 bits per heavy atom. The maximum absolute atomic E-state index is 9.60. The van der Waals surface area contributed by atoms with Crippen molar-refractivity contribution < 1.29 is 5.11 Å². The van der Waals surface area contributed by atoms with Crippen molar-refractivity contribution in [3.8, 4) is 6.07 Å². The summed E-state index contributed by atoms with van der Waals surface area (Å²) in [7, 11) is 0. The molecular formula is C13H17ClN2O. The summed E-state index contributed by atoms with van der Waals surface area (Å²) < 4.78 is 0. The summed E-state index contributed by atoms with van der Waals surface area (Å²) in [6.45, 7) is 3.08. The molecule has 0 aliphatic heterocycles. The highest BCUT2D eigenvalue weighted by Crippen LogP contribution is 2.16. The number of nitriles is 1. The van der Waals surface area contributed by atoms with Gasteiger partial charge in [-0.3, -0.25) is 0 Å². The van der Waals surface area contributed by atoms with Crippen LogP contribution in [0.15, 0.2) is 24.3 Å². The molecule has 1 aromatic rings. The maximum Gasteiger partial charge on any atom is 0.0850 e. The number of hydrogen-bond donors (Lipinski definition) is 1. The van der Waals surface area contributed by atoms with Crippen molar-refractivity contribution in [1.82, 2.24) is 0 Å². The molecule has 0 fully saturated rings. The van der Waals surface area contributed by atoms with Gasteiger partial charge in [-0.1, -0.05) is 12.1 Å². The Balaban J connectivity index is 2.78. The predicted molar refractivity (Wildman–Crippen MR) is 70.3 cm³/mol. The number of aryl methyl sites for hydroxylation is 1. The summed E-state index contributed by atoms with van der Waals surface area (Å²) in [6.07, 6.45) is -0.140. The molecule has 1 atom stereocenters. The van der Waals surface area contributed by atoms with Crippen LogP contribution < -0.4 is 4.90 Å². The van der Waals surface area contributed by atoms with Gasteiger partial charge < -0.3 is 10.0 Å². The van der Waals surface area contributed by atoms with Crippen LogP contribution in [0.25, 0.3) is 0 Å². The zero-order valence-electron chi connectivity index (χ0n) is 9.93.